The Morgan fingerprint density at radius 2 is 2.20 bits per heavy atom. The van der Waals surface area contributed by atoms with E-state index in [1.54, 1.807) is 0 Å². The van der Waals surface area contributed by atoms with E-state index in [4.69, 9.17) is 0 Å². The first-order valence-corrected chi connectivity index (χ1v) is 5.42. The second-order valence-corrected chi connectivity index (χ2v) is 4.42. The normalized spacial score (nSPS) is 17.5. The molecule has 1 aliphatic rings. The Morgan fingerprint density at radius 3 is 2.67 bits per heavy atom. The maximum Gasteiger partial charge on any atom is 0.227 e. The molecule has 82 valence electrons. The number of nitrogens with one attached hydrogen (secondary N) is 2. The number of amides is 1. The molecule has 1 heterocycles. The lowest BCUT2D eigenvalue weighted by Gasteiger charge is -2.10. The van der Waals surface area contributed by atoms with Crippen LogP contribution in [0.3, 0.4) is 0 Å². The van der Waals surface area contributed by atoms with Crippen LogP contribution < -0.4 is 5.32 Å². The Labute approximate surface area is 89.5 Å². The molecular weight excluding hydrogens is 190 g/mol. The maximum atomic E-state index is 11.8. The lowest BCUT2D eigenvalue weighted by Crippen LogP contribution is -2.22. The molecule has 0 bridgehead atoms. The molecule has 4 heteroatoms. The minimum Gasteiger partial charge on any atom is -0.323 e. The van der Waals surface area contributed by atoms with Crippen molar-refractivity contribution in [2.24, 2.45) is 11.8 Å². The number of aromatic nitrogens is 2. The first-order chi connectivity index (χ1) is 7.09. The Morgan fingerprint density at radius 1 is 1.53 bits per heavy atom. The summed E-state index contributed by atoms with van der Waals surface area (Å²) in [5.74, 6) is 0.835. The predicted molar refractivity (Wildman–Crippen MR) is 58.6 cm³/mol. The van der Waals surface area contributed by atoms with Gasteiger partial charge in [0.05, 0.1) is 17.1 Å². The lowest BCUT2D eigenvalue weighted by atomic mass is 10.1. The van der Waals surface area contributed by atoms with Gasteiger partial charge in [-0.1, -0.05) is 6.92 Å². The topological polar surface area (TPSA) is 57.8 Å². The number of H-pyrrole nitrogens is 1. The van der Waals surface area contributed by atoms with E-state index in [2.05, 4.69) is 15.5 Å². The molecular formula is C11H17N3O. The highest BCUT2D eigenvalue weighted by Crippen LogP contribution is 2.37. The van der Waals surface area contributed by atoms with Crippen LogP contribution in [0.5, 0.6) is 0 Å². The van der Waals surface area contributed by atoms with Crippen LogP contribution in [0.4, 0.5) is 5.69 Å². The summed E-state index contributed by atoms with van der Waals surface area (Å²) in [5.41, 5.74) is 2.61. The zero-order valence-corrected chi connectivity index (χ0v) is 9.42. The highest BCUT2D eigenvalue weighted by atomic mass is 16.1. The van der Waals surface area contributed by atoms with Crippen LogP contribution in [0.15, 0.2) is 0 Å². The number of aromatic amines is 1. The summed E-state index contributed by atoms with van der Waals surface area (Å²) in [4.78, 5) is 11.8. The molecule has 0 aromatic carbocycles. The molecule has 2 rings (SSSR count). The van der Waals surface area contributed by atoms with Crippen LogP contribution in [0.1, 0.15) is 31.2 Å². The number of carbonyl (C=O) groups excluding carboxylic acids is 1. The standard InChI is InChI=1S/C11H17N3O/c1-6(9-4-5-9)11(15)12-10-7(2)13-14-8(10)3/h6,9H,4-5H2,1-3H3,(H,12,15)(H,13,14). The maximum absolute atomic E-state index is 11.8. The van der Waals surface area contributed by atoms with E-state index in [-0.39, 0.29) is 11.8 Å². The van der Waals surface area contributed by atoms with Crippen LogP contribution in [0, 0.1) is 25.7 Å². The third-order valence-corrected chi connectivity index (χ3v) is 3.12. The summed E-state index contributed by atoms with van der Waals surface area (Å²) in [6.45, 7) is 5.80. The van der Waals surface area contributed by atoms with Gasteiger partial charge in [-0.25, -0.2) is 0 Å². The molecule has 0 spiro atoms. The van der Waals surface area contributed by atoms with Gasteiger partial charge in [0, 0.05) is 5.92 Å². The summed E-state index contributed by atoms with van der Waals surface area (Å²) >= 11 is 0. The first-order valence-electron chi connectivity index (χ1n) is 5.42. The molecule has 1 saturated carbocycles. The van der Waals surface area contributed by atoms with Crippen molar-refractivity contribution >= 4 is 11.6 Å². The van der Waals surface area contributed by atoms with Crippen molar-refractivity contribution in [3.05, 3.63) is 11.4 Å². The number of hydrogen-bond donors (Lipinski definition) is 2. The van der Waals surface area contributed by atoms with Gasteiger partial charge in [0.25, 0.3) is 0 Å². The Bertz CT molecular complexity index is 360. The van der Waals surface area contributed by atoms with Crippen LogP contribution >= 0.6 is 0 Å². The molecule has 0 saturated heterocycles. The SMILES string of the molecule is Cc1n[nH]c(C)c1NC(=O)C(C)C1CC1. The molecule has 1 fully saturated rings. The first kappa shape index (κ1) is 10.2. The van der Waals surface area contributed by atoms with Crippen molar-refractivity contribution in [1.82, 2.24) is 10.2 Å². The molecule has 4 nitrogen and oxygen atoms in total. The molecule has 1 unspecified atom stereocenters. The number of aryl methyl sites for hydroxylation is 2. The Hall–Kier alpha value is -1.32. The van der Waals surface area contributed by atoms with Gasteiger partial charge in [-0.05, 0) is 32.6 Å². The van der Waals surface area contributed by atoms with Gasteiger partial charge < -0.3 is 5.32 Å². The number of carbonyl (C=O) groups is 1. The summed E-state index contributed by atoms with van der Waals surface area (Å²) in [5, 5.41) is 9.86. The number of nitrogens with zero attached hydrogens (tertiary/aromatic N) is 1. The summed E-state index contributed by atoms with van der Waals surface area (Å²) in [7, 11) is 0. The number of hydrogen-bond acceptors (Lipinski definition) is 2. The summed E-state index contributed by atoms with van der Waals surface area (Å²) < 4.78 is 0. The van der Waals surface area contributed by atoms with Crippen LogP contribution in [0.2, 0.25) is 0 Å². The Kier molecular flexibility index (Phi) is 2.50. The zero-order chi connectivity index (χ0) is 11.0. The van der Waals surface area contributed by atoms with Crippen molar-refractivity contribution in [3.8, 4) is 0 Å². The van der Waals surface area contributed by atoms with E-state index in [0.717, 1.165) is 17.1 Å². The molecule has 1 aromatic heterocycles. The third kappa shape index (κ3) is 2.03. The zero-order valence-electron chi connectivity index (χ0n) is 9.42. The summed E-state index contributed by atoms with van der Waals surface area (Å²) in [6.07, 6.45) is 2.38. The summed E-state index contributed by atoms with van der Waals surface area (Å²) in [6, 6.07) is 0. The fraction of sp³-hybridized carbons (Fsp3) is 0.636. The predicted octanol–water partition coefficient (Wildman–Crippen LogP) is 2.01. The highest BCUT2D eigenvalue weighted by molar-refractivity contribution is 5.93. The molecule has 0 radical (unpaired) electrons. The van der Waals surface area contributed by atoms with Crippen LogP contribution in [0.25, 0.3) is 0 Å². The van der Waals surface area contributed by atoms with Gasteiger partial charge in [-0.3, -0.25) is 9.89 Å². The molecule has 15 heavy (non-hydrogen) atoms. The van der Waals surface area contributed by atoms with Gasteiger partial charge in [0.1, 0.15) is 0 Å². The van der Waals surface area contributed by atoms with Gasteiger partial charge in [-0.2, -0.15) is 5.10 Å². The average Bonchev–Trinajstić information content (AvgIpc) is 3.00. The fourth-order valence-corrected chi connectivity index (χ4v) is 1.78. The minimum absolute atomic E-state index is 0.116. The van der Waals surface area contributed by atoms with Crippen LogP contribution in [-0.2, 0) is 4.79 Å². The fourth-order valence-electron chi connectivity index (χ4n) is 1.78. The van der Waals surface area contributed by atoms with Crippen molar-refractivity contribution < 1.29 is 4.79 Å². The lowest BCUT2D eigenvalue weighted by molar-refractivity contribution is -0.119. The number of rotatable bonds is 3. The van der Waals surface area contributed by atoms with E-state index >= 15 is 0 Å². The van der Waals surface area contributed by atoms with Crippen molar-refractivity contribution in [3.63, 3.8) is 0 Å². The smallest absolute Gasteiger partial charge is 0.227 e. The molecule has 2 N–H and O–H groups in total. The van der Waals surface area contributed by atoms with E-state index < -0.39 is 0 Å². The van der Waals surface area contributed by atoms with Crippen molar-refractivity contribution in [1.29, 1.82) is 0 Å². The van der Waals surface area contributed by atoms with Gasteiger partial charge >= 0.3 is 0 Å². The Balaban J connectivity index is 2.04. The number of anilines is 1. The quantitative estimate of drug-likeness (QED) is 0.796. The molecule has 0 aliphatic heterocycles. The van der Waals surface area contributed by atoms with Crippen molar-refractivity contribution in [2.45, 2.75) is 33.6 Å². The third-order valence-electron chi connectivity index (χ3n) is 3.12. The van der Waals surface area contributed by atoms with Crippen molar-refractivity contribution in [2.75, 3.05) is 5.32 Å². The molecule has 1 aliphatic carbocycles. The van der Waals surface area contributed by atoms with E-state index in [0.29, 0.717) is 5.92 Å². The second-order valence-electron chi connectivity index (χ2n) is 4.42. The van der Waals surface area contributed by atoms with Gasteiger partial charge in [-0.15, -0.1) is 0 Å². The van der Waals surface area contributed by atoms with E-state index in [1.165, 1.54) is 12.8 Å². The van der Waals surface area contributed by atoms with Gasteiger partial charge in [0.2, 0.25) is 5.91 Å². The highest BCUT2D eigenvalue weighted by Gasteiger charge is 2.32. The van der Waals surface area contributed by atoms with E-state index in [1.807, 2.05) is 20.8 Å². The molecule has 1 aromatic rings. The average molecular weight is 207 g/mol. The second kappa shape index (κ2) is 3.68. The van der Waals surface area contributed by atoms with Gasteiger partial charge in [0.15, 0.2) is 0 Å². The molecule has 1 amide bonds. The van der Waals surface area contributed by atoms with E-state index in [9.17, 15) is 4.79 Å². The van der Waals surface area contributed by atoms with Crippen LogP contribution in [-0.4, -0.2) is 16.1 Å². The largest absolute Gasteiger partial charge is 0.323 e. The minimum atomic E-state index is 0.116. The molecule has 1 atom stereocenters. The monoisotopic (exact) mass is 207 g/mol.